The molecule has 0 radical (unpaired) electrons. The molecule has 2 saturated heterocycles. The van der Waals surface area contributed by atoms with E-state index in [1.807, 2.05) is 12.1 Å². The summed E-state index contributed by atoms with van der Waals surface area (Å²) in [6.07, 6.45) is 9.03. The van der Waals surface area contributed by atoms with Gasteiger partial charge in [-0.05, 0) is 73.9 Å². The Hall–Kier alpha value is -0.830. The van der Waals surface area contributed by atoms with Gasteiger partial charge in [-0.15, -0.1) is 0 Å². The van der Waals surface area contributed by atoms with Crippen molar-refractivity contribution in [2.75, 3.05) is 26.2 Å². The van der Waals surface area contributed by atoms with Crippen LogP contribution in [0.25, 0.3) is 5.57 Å². The van der Waals surface area contributed by atoms with Gasteiger partial charge in [0.05, 0.1) is 0 Å². The molecule has 1 aromatic rings. The van der Waals surface area contributed by atoms with Crippen LogP contribution in [-0.2, 0) is 0 Å². The molecule has 118 valence electrons. The van der Waals surface area contributed by atoms with Crippen molar-refractivity contribution in [2.45, 2.75) is 38.1 Å². The van der Waals surface area contributed by atoms with E-state index in [9.17, 15) is 0 Å². The number of rotatable bonds is 2. The molecule has 2 nitrogen and oxygen atoms in total. The number of halogens is 1. The molecule has 1 N–H and O–H groups in total. The third-order valence-electron chi connectivity index (χ3n) is 5.76. The highest BCUT2D eigenvalue weighted by Crippen LogP contribution is 2.43. The molecule has 0 saturated carbocycles. The largest absolute Gasteiger partial charge is 0.317 e. The van der Waals surface area contributed by atoms with E-state index in [0.717, 1.165) is 5.02 Å². The fraction of sp³-hybridized carbons (Fsp3) is 0.579. The number of hydrogen-bond acceptors (Lipinski definition) is 2. The predicted octanol–water partition coefficient (Wildman–Crippen LogP) is 3.96. The molecule has 2 fully saturated rings. The normalized spacial score (nSPS) is 28.2. The number of piperidine rings is 1. The molecule has 1 aliphatic carbocycles. The molecular weight excluding hydrogens is 292 g/mol. The van der Waals surface area contributed by atoms with Crippen molar-refractivity contribution >= 4 is 17.2 Å². The predicted molar refractivity (Wildman–Crippen MR) is 93.2 cm³/mol. The lowest BCUT2D eigenvalue weighted by Crippen LogP contribution is -2.62. The molecule has 0 aromatic heterocycles. The lowest BCUT2D eigenvalue weighted by molar-refractivity contribution is -0.0396. The molecule has 3 aliphatic rings. The van der Waals surface area contributed by atoms with Crippen LogP contribution in [0.1, 0.15) is 37.7 Å². The van der Waals surface area contributed by atoms with E-state index >= 15 is 0 Å². The minimum Gasteiger partial charge on any atom is -0.317 e. The smallest absolute Gasteiger partial charge is 0.0406 e. The number of likely N-dealkylation sites (tertiary alicyclic amines) is 1. The van der Waals surface area contributed by atoms with Crippen molar-refractivity contribution in [2.24, 2.45) is 5.41 Å². The van der Waals surface area contributed by atoms with E-state index in [1.54, 1.807) is 0 Å². The molecule has 1 unspecified atom stereocenters. The minimum absolute atomic E-state index is 0.619. The number of benzene rings is 1. The maximum atomic E-state index is 6.05. The van der Waals surface area contributed by atoms with Gasteiger partial charge >= 0.3 is 0 Å². The van der Waals surface area contributed by atoms with Gasteiger partial charge in [0.25, 0.3) is 0 Å². The van der Waals surface area contributed by atoms with Gasteiger partial charge in [-0.3, -0.25) is 4.90 Å². The van der Waals surface area contributed by atoms with Gasteiger partial charge in [0.1, 0.15) is 0 Å². The molecule has 1 atom stereocenters. The van der Waals surface area contributed by atoms with E-state index in [1.165, 1.54) is 69.4 Å². The highest BCUT2D eigenvalue weighted by molar-refractivity contribution is 6.30. The molecule has 1 aromatic carbocycles. The third-order valence-corrected chi connectivity index (χ3v) is 6.02. The Labute approximate surface area is 138 Å². The number of hydrogen-bond donors (Lipinski definition) is 1. The van der Waals surface area contributed by atoms with Gasteiger partial charge in [-0.1, -0.05) is 29.8 Å². The fourth-order valence-corrected chi connectivity index (χ4v) is 4.63. The SMILES string of the molecule is Clc1ccc(C2=CCCCC2N2CC3(CCNCC3)C2)cc1. The molecule has 1 spiro atoms. The highest BCUT2D eigenvalue weighted by atomic mass is 35.5. The lowest BCUT2D eigenvalue weighted by atomic mass is 9.70. The monoisotopic (exact) mass is 316 g/mol. The van der Waals surface area contributed by atoms with Gasteiger partial charge in [-0.2, -0.15) is 0 Å². The second-order valence-electron chi connectivity index (χ2n) is 7.27. The molecule has 0 bridgehead atoms. The maximum Gasteiger partial charge on any atom is 0.0406 e. The van der Waals surface area contributed by atoms with Crippen LogP contribution in [0, 0.1) is 5.41 Å². The summed E-state index contributed by atoms with van der Waals surface area (Å²) in [5, 5.41) is 4.33. The second kappa shape index (κ2) is 5.99. The Kier molecular flexibility index (Phi) is 4.02. The van der Waals surface area contributed by atoms with Crippen LogP contribution in [0.2, 0.25) is 5.02 Å². The Morgan fingerprint density at radius 3 is 2.55 bits per heavy atom. The van der Waals surface area contributed by atoms with Crippen molar-refractivity contribution < 1.29 is 0 Å². The van der Waals surface area contributed by atoms with Crippen LogP contribution < -0.4 is 5.32 Å². The minimum atomic E-state index is 0.619. The summed E-state index contributed by atoms with van der Waals surface area (Å²) >= 11 is 6.05. The molecule has 2 heterocycles. The van der Waals surface area contributed by atoms with E-state index < -0.39 is 0 Å². The van der Waals surface area contributed by atoms with Crippen LogP contribution >= 0.6 is 11.6 Å². The first-order chi connectivity index (χ1) is 10.8. The lowest BCUT2D eigenvalue weighted by Gasteiger charge is -2.56. The summed E-state index contributed by atoms with van der Waals surface area (Å²) in [4.78, 5) is 2.73. The quantitative estimate of drug-likeness (QED) is 0.888. The van der Waals surface area contributed by atoms with Crippen molar-refractivity contribution in [1.29, 1.82) is 0 Å². The van der Waals surface area contributed by atoms with Gasteiger partial charge in [0.15, 0.2) is 0 Å². The highest BCUT2D eigenvalue weighted by Gasteiger charge is 2.46. The molecule has 0 amide bonds. The van der Waals surface area contributed by atoms with Crippen molar-refractivity contribution in [3.8, 4) is 0 Å². The van der Waals surface area contributed by atoms with E-state index in [4.69, 9.17) is 11.6 Å². The zero-order valence-electron chi connectivity index (χ0n) is 13.2. The molecule has 22 heavy (non-hydrogen) atoms. The standard InChI is InChI=1S/C19H25ClN2/c20-16-7-5-15(6-8-16)17-3-1-2-4-18(17)22-13-19(14-22)9-11-21-12-10-19/h3,5-8,18,21H,1-2,4,9-14H2. The molecule has 2 aliphatic heterocycles. The number of nitrogens with zero attached hydrogens (tertiary/aromatic N) is 1. The van der Waals surface area contributed by atoms with E-state index in [-0.39, 0.29) is 0 Å². The van der Waals surface area contributed by atoms with Crippen LogP contribution in [-0.4, -0.2) is 37.1 Å². The number of nitrogens with one attached hydrogen (secondary N) is 1. The Bertz CT molecular complexity index is 549. The van der Waals surface area contributed by atoms with Gasteiger partial charge in [0.2, 0.25) is 0 Å². The van der Waals surface area contributed by atoms with Gasteiger partial charge in [-0.25, -0.2) is 0 Å². The van der Waals surface area contributed by atoms with Crippen molar-refractivity contribution in [3.63, 3.8) is 0 Å². The zero-order chi connectivity index (χ0) is 15.0. The average Bonchev–Trinajstić information content (AvgIpc) is 2.54. The Balaban J connectivity index is 1.50. The first-order valence-electron chi connectivity index (χ1n) is 8.67. The Morgan fingerprint density at radius 2 is 1.82 bits per heavy atom. The van der Waals surface area contributed by atoms with Crippen LogP contribution in [0.5, 0.6) is 0 Å². The van der Waals surface area contributed by atoms with Gasteiger partial charge < -0.3 is 5.32 Å². The first kappa shape index (κ1) is 14.7. The number of allylic oxidation sites excluding steroid dienone is 1. The van der Waals surface area contributed by atoms with Crippen molar-refractivity contribution in [3.05, 3.63) is 40.9 Å². The van der Waals surface area contributed by atoms with Crippen LogP contribution in [0.4, 0.5) is 0 Å². The summed E-state index contributed by atoms with van der Waals surface area (Å²) < 4.78 is 0. The van der Waals surface area contributed by atoms with E-state index in [0.29, 0.717) is 11.5 Å². The zero-order valence-corrected chi connectivity index (χ0v) is 13.9. The second-order valence-corrected chi connectivity index (χ2v) is 7.70. The topological polar surface area (TPSA) is 15.3 Å². The summed E-state index contributed by atoms with van der Waals surface area (Å²) in [5.41, 5.74) is 3.51. The first-order valence-corrected chi connectivity index (χ1v) is 9.04. The van der Waals surface area contributed by atoms with E-state index in [2.05, 4.69) is 28.4 Å². The van der Waals surface area contributed by atoms with Crippen molar-refractivity contribution in [1.82, 2.24) is 10.2 Å². The van der Waals surface area contributed by atoms with Gasteiger partial charge in [0, 0.05) is 24.2 Å². The summed E-state index contributed by atoms with van der Waals surface area (Å²) in [6.45, 7) is 5.01. The maximum absolute atomic E-state index is 6.05. The fourth-order valence-electron chi connectivity index (χ4n) is 4.50. The Morgan fingerprint density at radius 1 is 1.09 bits per heavy atom. The van der Waals surface area contributed by atoms with Crippen LogP contribution in [0.3, 0.4) is 0 Å². The average molecular weight is 317 g/mol. The summed E-state index contributed by atoms with van der Waals surface area (Å²) in [7, 11) is 0. The van der Waals surface area contributed by atoms with Crippen LogP contribution in [0.15, 0.2) is 30.3 Å². The molecular formula is C19H25ClN2. The summed E-state index contributed by atoms with van der Waals surface area (Å²) in [6, 6.07) is 9.04. The summed E-state index contributed by atoms with van der Waals surface area (Å²) in [5.74, 6) is 0. The third kappa shape index (κ3) is 2.73. The molecule has 4 rings (SSSR count). The molecule has 3 heteroatoms.